The van der Waals surface area contributed by atoms with Gasteiger partial charge in [0.2, 0.25) is 0 Å². The lowest BCUT2D eigenvalue weighted by Crippen LogP contribution is -2.44. The summed E-state index contributed by atoms with van der Waals surface area (Å²) >= 11 is 0. The number of nitrogens with zero attached hydrogens (tertiary/aromatic N) is 6. The van der Waals surface area contributed by atoms with Crippen molar-refractivity contribution in [2.45, 2.75) is 34.6 Å². The molecule has 1 aromatic carbocycles. The number of aryl methyl sites for hydroxylation is 2. The number of nitrogens with two attached hydrogens (primary N) is 1. The van der Waals surface area contributed by atoms with Crippen molar-refractivity contribution < 1.29 is 0 Å². The van der Waals surface area contributed by atoms with E-state index in [-0.39, 0.29) is 5.41 Å². The average molecular weight is 474 g/mol. The summed E-state index contributed by atoms with van der Waals surface area (Å²) in [6.45, 7) is 13.7. The van der Waals surface area contributed by atoms with Crippen LogP contribution in [0.3, 0.4) is 0 Å². The Morgan fingerprint density at radius 1 is 1.17 bits per heavy atom. The largest absolute Gasteiger partial charge is 0.354 e. The zero-order chi connectivity index (χ0) is 25.0. The number of aliphatic imine (C=N–C) groups is 1. The Morgan fingerprint density at radius 2 is 1.94 bits per heavy atom. The van der Waals surface area contributed by atoms with Gasteiger partial charge in [0.25, 0.3) is 0 Å². The molecule has 0 radical (unpaired) electrons. The third kappa shape index (κ3) is 5.93. The second-order valence-corrected chi connectivity index (χ2v) is 9.42. The maximum Gasteiger partial charge on any atom is 0.154 e. The minimum Gasteiger partial charge on any atom is -0.354 e. The summed E-state index contributed by atoms with van der Waals surface area (Å²) in [5.41, 5.74) is 2.87. The highest BCUT2D eigenvalue weighted by Gasteiger charge is 2.17. The lowest BCUT2D eigenvalue weighted by molar-refractivity contribution is 0.584. The topological polar surface area (TPSA) is 111 Å². The minimum atomic E-state index is -0.289. The number of fused-ring (bicyclic) bond motifs is 1. The van der Waals surface area contributed by atoms with Crippen molar-refractivity contribution in [2.75, 3.05) is 36.1 Å². The average Bonchev–Trinajstić information content (AvgIpc) is 3.23. The summed E-state index contributed by atoms with van der Waals surface area (Å²) in [7, 11) is 0. The molecule has 0 amide bonds. The van der Waals surface area contributed by atoms with E-state index >= 15 is 0 Å². The Balaban J connectivity index is 1.49. The molecule has 4 rings (SSSR count). The van der Waals surface area contributed by atoms with Gasteiger partial charge in [-0.05, 0) is 44.5 Å². The number of allylic oxidation sites excluding steroid dienone is 2. The molecule has 3 aromatic rings. The second-order valence-electron chi connectivity index (χ2n) is 9.42. The number of hydrogen-bond acceptors (Lipinski definition) is 8. The first-order chi connectivity index (χ1) is 16.8. The van der Waals surface area contributed by atoms with Gasteiger partial charge in [-0.25, -0.2) is 25.8 Å². The Bertz CT molecular complexity index is 1260. The molecular formula is C26H35N9. The van der Waals surface area contributed by atoms with Gasteiger partial charge in [0, 0.05) is 55.0 Å². The van der Waals surface area contributed by atoms with Crippen molar-refractivity contribution in [3.8, 4) is 0 Å². The van der Waals surface area contributed by atoms with E-state index in [9.17, 15) is 0 Å². The fourth-order valence-electron chi connectivity index (χ4n) is 3.96. The molecule has 4 N–H and O–H groups in total. The third-order valence-electron chi connectivity index (χ3n) is 6.01. The number of piperazine rings is 1. The molecule has 0 unspecified atom stereocenters. The predicted molar refractivity (Wildman–Crippen MR) is 144 cm³/mol. The van der Waals surface area contributed by atoms with Crippen LogP contribution in [0, 0.1) is 19.3 Å². The highest BCUT2D eigenvalue weighted by molar-refractivity contribution is 5.84. The van der Waals surface area contributed by atoms with Crippen LogP contribution >= 0.6 is 0 Å². The quantitative estimate of drug-likeness (QED) is 0.272. The van der Waals surface area contributed by atoms with Crippen molar-refractivity contribution >= 4 is 34.8 Å². The lowest BCUT2D eigenvalue weighted by Gasteiger charge is -2.29. The molecular weight excluding hydrogens is 438 g/mol. The van der Waals surface area contributed by atoms with Crippen molar-refractivity contribution in [1.82, 2.24) is 25.5 Å². The van der Waals surface area contributed by atoms with E-state index in [0.29, 0.717) is 17.5 Å². The zero-order valence-electron chi connectivity index (χ0n) is 21.2. The van der Waals surface area contributed by atoms with Crippen LogP contribution in [0.2, 0.25) is 0 Å². The molecule has 3 heterocycles. The number of anilines is 2. The van der Waals surface area contributed by atoms with E-state index < -0.39 is 0 Å². The first-order valence-corrected chi connectivity index (χ1v) is 12.0. The van der Waals surface area contributed by atoms with Crippen LogP contribution in [-0.4, -0.2) is 52.6 Å². The molecule has 0 aliphatic carbocycles. The maximum atomic E-state index is 6.47. The number of H-pyrrole nitrogens is 1. The van der Waals surface area contributed by atoms with Crippen molar-refractivity contribution in [3.05, 3.63) is 59.3 Å². The monoisotopic (exact) mass is 473 g/mol. The first kappa shape index (κ1) is 24.6. The smallest absolute Gasteiger partial charge is 0.154 e. The van der Waals surface area contributed by atoms with Crippen LogP contribution in [0.4, 0.5) is 11.6 Å². The van der Waals surface area contributed by atoms with E-state index in [1.54, 1.807) is 0 Å². The van der Waals surface area contributed by atoms with Crippen LogP contribution in [0.15, 0.2) is 47.2 Å². The third-order valence-corrected chi connectivity index (χ3v) is 6.01. The molecule has 0 saturated carbocycles. The number of aromatic nitrogens is 4. The van der Waals surface area contributed by atoms with Gasteiger partial charge in [0.1, 0.15) is 17.5 Å². The summed E-state index contributed by atoms with van der Waals surface area (Å²) < 4.78 is 0. The Morgan fingerprint density at radius 3 is 2.69 bits per heavy atom. The fraction of sp³-hybridized carbons (Fsp3) is 0.385. The van der Waals surface area contributed by atoms with Crippen molar-refractivity contribution in [2.24, 2.45) is 16.3 Å². The molecule has 1 aliphatic rings. The Labute approximate surface area is 206 Å². The lowest BCUT2D eigenvalue weighted by atomic mass is 9.93. The number of aromatic amines is 1. The summed E-state index contributed by atoms with van der Waals surface area (Å²) in [5.74, 6) is 9.27. The Kier molecular flexibility index (Phi) is 7.28. The molecule has 1 fully saturated rings. The zero-order valence-corrected chi connectivity index (χ0v) is 21.2. The van der Waals surface area contributed by atoms with E-state index in [2.05, 4.69) is 68.5 Å². The molecule has 184 valence electrons. The van der Waals surface area contributed by atoms with E-state index in [1.807, 2.05) is 45.2 Å². The summed E-state index contributed by atoms with van der Waals surface area (Å²) in [6.07, 6.45) is 8.04. The molecule has 0 bridgehead atoms. The van der Waals surface area contributed by atoms with Gasteiger partial charge in [-0.15, -0.1) is 0 Å². The number of rotatable bonds is 7. The van der Waals surface area contributed by atoms with Crippen LogP contribution in [0.1, 0.15) is 37.9 Å². The fourth-order valence-corrected chi connectivity index (χ4v) is 3.96. The van der Waals surface area contributed by atoms with Gasteiger partial charge in [0.15, 0.2) is 5.82 Å². The van der Waals surface area contributed by atoms with Crippen molar-refractivity contribution in [3.63, 3.8) is 0 Å². The van der Waals surface area contributed by atoms with Gasteiger partial charge in [-0.3, -0.25) is 5.10 Å². The minimum absolute atomic E-state index is 0.289. The number of hydrazine groups is 1. The SMILES string of the molecule is C/C=C(\N=CC(C)(C)/C=C/c1ccc2n[nH]c(C)c2c1)N(N)c1cc(N2CCNCC2)nc(C)n1. The van der Waals surface area contributed by atoms with Gasteiger partial charge in [0.05, 0.1) is 5.52 Å². The molecule has 0 spiro atoms. The standard InChI is InChI=1S/C26H35N9/c1-6-23(35(27)25-16-24(30-19(3)31-25)34-13-11-28-12-14-34)29-17-26(4,5)10-9-20-7-8-22-21(15-20)18(2)32-33-22/h6-10,15-17,28H,11-14,27H2,1-5H3,(H,32,33)/b10-9+,23-6+,29-17?. The van der Waals surface area contributed by atoms with Crippen LogP contribution < -0.4 is 21.1 Å². The van der Waals surface area contributed by atoms with E-state index in [0.717, 1.165) is 54.2 Å². The molecule has 0 atom stereocenters. The summed E-state index contributed by atoms with van der Waals surface area (Å²) in [5, 5.41) is 13.3. The van der Waals surface area contributed by atoms with Gasteiger partial charge in [-0.1, -0.05) is 32.1 Å². The second kappa shape index (κ2) is 10.4. The molecule has 1 saturated heterocycles. The highest BCUT2D eigenvalue weighted by atomic mass is 15.5. The number of nitrogens with one attached hydrogen (secondary N) is 2. The normalized spacial score (nSPS) is 15.6. The van der Waals surface area contributed by atoms with Crippen LogP contribution in [-0.2, 0) is 0 Å². The number of hydrogen-bond donors (Lipinski definition) is 3. The molecule has 9 heteroatoms. The van der Waals surface area contributed by atoms with Crippen LogP contribution in [0.25, 0.3) is 17.0 Å². The predicted octanol–water partition coefficient (Wildman–Crippen LogP) is 3.73. The maximum absolute atomic E-state index is 6.47. The van der Waals surface area contributed by atoms with Crippen LogP contribution in [0.5, 0.6) is 0 Å². The molecule has 1 aliphatic heterocycles. The summed E-state index contributed by atoms with van der Waals surface area (Å²) in [4.78, 5) is 16.1. The van der Waals surface area contributed by atoms with E-state index in [1.165, 1.54) is 5.01 Å². The summed E-state index contributed by atoms with van der Waals surface area (Å²) in [6, 6.07) is 8.17. The highest BCUT2D eigenvalue weighted by Crippen LogP contribution is 2.23. The van der Waals surface area contributed by atoms with Gasteiger partial charge >= 0.3 is 0 Å². The van der Waals surface area contributed by atoms with E-state index in [4.69, 9.17) is 10.8 Å². The van der Waals surface area contributed by atoms with Gasteiger partial charge < -0.3 is 10.2 Å². The number of benzene rings is 1. The molecule has 9 nitrogen and oxygen atoms in total. The van der Waals surface area contributed by atoms with Gasteiger partial charge in [-0.2, -0.15) is 5.10 Å². The first-order valence-electron chi connectivity index (χ1n) is 12.0. The van der Waals surface area contributed by atoms with Crippen molar-refractivity contribution in [1.29, 1.82) is 0 Å². The molecule has 2 aromatic heterocycles. The molecule has 35 heavy (non-hydrogen) atoms. The Hall–Kier alpha value is -3.56.